The fourth-order valence-corrected chi connectivity index (χ4v) is 0.895. The highest BCUT2D eigenvalue weighted by Crippen LogP contribution is 2.09. The molecule has 1 rings (SSSR count). The summed E-state index contributed by atoms with van der Waals surface area (Å²) in [4.78, 5) is 0. The van der Waals surface area contributed by atoms with Crippen LogP contribution in [-0.2, 0) is 6.61 Å². The normalized spacial score (nSPS) is 9.15. The average Bonchev–Trinajstić information content (AvgIpc) is 2.15. The molecule has 0 saturated carbocycles. The molecule has 0 radical (unpaired) electrons. The van der Waals surface area contributed by atoms with Gasteiger partial charge in [0.1, 0.15) is 12.4 Å². The van der Waals surface area contributed by atoms with Crippen LogP contribution >= 0.6 is 0 Å². The second-order valence-corrected chi connectivity index (χ2v) is 2.42. The molecule has 0 amide bonds. The molecule has 68 valence electrons. The van der Waals surface area contributed by atoms with E-state index in [1.54, 1.807) is 6.07 Å². The zero-order valence-corrected chi connectivity index (χ0v) is 6.92. The summed E-state index contributed by atoms with van der Waals surface area (Å²) in [5.41, 5.74) is 0.735. The van der Waals surface area contributed by atoms with E-state index in [-0.39, 0.29) is 18.8 Å². The molecule has 0 fully saturated rings. The molecule has 0 spiro atoms. The van der Waals surface area contributed by atoms with Crippen LogP contribution in [0.4, 0.5) is 4.39 Å². The fraction of sp³-hybridized carbons (Fsp3) is 0.200. The molecule has 1 aromatic rings. The first kappa shape index (κ1) is 9.72. The molecule has 0 aliphatic carbocycles. The van der Waals surface area contributed by atoms with E-state index in [0.29, 0.717) is 5.56 Å². The van der Waals surface area contributed by atoms with Gasteiger partial charge in [0.15, 0.2) is 0 Å². The standard InChI is InChI=1S/C10H9FO2/c11-10-6-8(2-1-5-12)3-4-9(10)7-13/h3-4,6,12-13H,5,7H2. The second-order valence-electron chi connectivity index (χ2n) is 2.42. The Morgan fingerprint density at radius 3 is 2.62 bits per heavy atom. The van der Waals surface area contributed by atoms with Crippen LogP contribution in [0, 0.1) is 17.7 Å². The molecule has 0 heterocycles. The topological polar surface area (TPSA) is 40.5 Å². The summed E-state index contributed by atoms with van der Waals surface area (Å²) in [6, 6.07) is 4.29. The van der Waals surface area contributed by atoms with Crippen molar-refractivity contribution in [2.75, 3.05) is 6.61 Å². The fourth-order valence-electron chi connectivity index (χ4n) is 0.895. The van der Waals surface area contributed by atoms with Gasteiger partial charge in [0.2, 0.25) is 0 Å². The number of halogens is 1. The van der Waals surface area contributed by atoms with E-state index in [0.717, 1.165) is 0 Å². The van der Waals surface area contributed by atoms with Gasteiger partial charge in [-0.15, -0.1) is 0 Å². The van der Waals surface area contributed by atoms with Gasteiger partial charge < -0.3 is 10.2 Å². The Labute approximate surface area is 75.6 Å². The van der Waals surface area contributed by atoms with Gasteiger partial charge in [-0.2, -0.15) is 0 Å². The minimum atomic E-state index is -0.479. The van der Waals surface area contributed by atoms with Crippen LogP contribution in [0.2, 0.25) is 0 Å². The molecule has 0 aromatic heterocycles. The minimum absolute atomic E-state index is 0.245. The molecule has 0 bridgehead atoms. The van der Waals surface area contributed by atoms with Crippen LogP contribution < -0.4 is 0 Å². The van der Waals surface area contributed by atoms with E-state index in [1.165, 1.54) is 12.1 Å². The maximum Gasteiger partial charge on any atom is 0.129 e. The van der Waals surface area contributed by atoms with Crippen LogP contribution in [0.5, 0.6) is 0 Å². The lowest BCUT2D eigenvalue weighted by molar-refractivity contribution is 0.275. The molecule has 2 nitrogen and oxygen atoms in total. The Kier molecular flexibility index (Phi) is 3.44. The highest BCUT2D eigenvalue weighted by Gasteiger charge is 1.99. The van der Waals surface area contributed by atoms with E-state index >= 15 is 0 Å². The monoisotopic (exact) mass is 180 g/mol. The minimum Gasteiger partial charge on any atom is -0.392 e. The second kappa shape index (κ2) is 4.61. The maximum absolute atomic E-state index is 13.0. The molecule has 3 heteroatoms. The lowest BCUT2D eigenvalue weighted by Gasteiger charge is -1.98. The highest BCUT2D eigenvalue weighted by molar-refractivity contribution is 5.36. The summed E-state index contributed by atoms with van der Waals surface area (Å²) in [6.07, 6.45) is 0. The maximum atomic E-state index is 13.0. The SMILES string of the molecule is OCC#Cc1ccc(CO)c(F)c1. The van der Waals surface area contributed by atoms with Gasteiger partial charge in [-0.05, 0) is 12.1 Å². The first-order valence-corrected chi connectivity index (χ1v) is 3.77. The largest absolute Gasteiger partial charge is 0.392 e. The lowest BCUT2D eigenvalue weighted by atomic mass is 10.1. The predicted octanol–water partition coefficient (Wildman–Crippen LogP) is 0.662. The zero-order chi connectivity index (χ0) is 9.68. The first-order valence-electron chi connectivity index (χ1n) is 3.77. The molecular formula is C10H9FO2. The van der Waals surface area contributed by atoms with Gasteiger partial charge >= 0.3 is 0 Å². The summed E-state index contributed by atoms with van der Waals surface area (Å²) < 4.78 is 13.0. The van der Waals surface area contributed by atoms with Gasteiger partial charge in [-0.3, -0.25) is 0 Å². The zero-order valence-electron chi connectivity index (χ0n) is 6.92. The quantitative estimate of drug-likeness (QED) is 0.623. The highest BCUT2D eigenvalue weighted by atomic mass is 19.1. The Balaban J connectivity index is 2.96. The van der Waals surface area contributed by atoms with Crippen LogP contribution in [0.1, 0.15) is 11.1 Å². The van der Waals surface area contributed by atoms with E-state index < -0.39 is 5.82 Å². The van der Waals surface area contributed by atoms with E-state index in [2.05, 4.69) is 11.8 Å². The molecule has 0 aliphatic rings. The number of aliphatic hydroxyl groups excluding tert-OH is 2. The van der Waals surface area contributed by atoms with Crippen molar-refractivity contribution in [2.45, 2.75) is 6.61 Å². The summed E-state index contributed by atoms with van der Waals surface area (Å²) in [5, 5.41) is 17.1. The van der Waals surface area contributed by atoms with Crippen molar-refractivity contribution in [3.8, 4) is 11.8 Å². The Bertz CT molecular complexity index is 350. The smallest absolute Gasteiger partial charge is 0.129 e. The molecule has 13 heavy (non-hydrogen) atoms. The summed E-state index contributed by atoms with van der Waals surface area (Å²) in [5.74, 6) is 4.49. The van der Waals surface area contributed by atoms with Crippen molar-refractivity contribution in [1.29, 1.82) is 0 Å². The average molecular weight is 180 g/mol. The molecule has 0 saturated heterocycles. The van der Waals surface area contributed by atoms with Crippen LogP contribution in [-0.4, -0.2) is 16.8 Å². The molecule has 0 unspecified atom stereocenters. The van der Waals surface area contributed by atoms with Crippen LogP contribution in [0.15, 0.2) is 18.2 Å². The van der Waals surface area contributed by atoms with Crippen molar-refractivity contribution in [2.24, 2.45) is 0 Å². The number of hydrogen-bond donors (Lipinski definition) is 2. The number of aliphatic hydroxyl groups is 2. The lowest BCUT2D eigenvalue weighted by Crippen LogP contribution is -1.90. The van der Waals surface area contributed by atoms with E-state index in [9.17, 15) is 4.39 Å². The van der Waals surface area contributed by atoms with Crippen LogP contribution in [0.25, 0.3) is 0 Å². The van der Waals surface area contributed by atoms with Crippen molar-refractivity contribution in [3.63, 3.8) is 0 Å². The Hall–Kier alpha value is -1.37. The van der Waals surface area contributed by atoms with Crippen molar-refractivity contribution >= 4 is 0 Å². The van der Waals surface area contributed by atoms with Gasteiger partial charge in [0, 0.05) is 11.1 Å². The third kappa shape index (κ3) is 2.55. The van der Waals surface area contributed by atoms with Gasteiger partial charge in [0.25, 0.3) is 0 Å². The molecular weight excluding hydrogens is 171 g/mol. The number of benzene rings is 1. The predicted molar refractivity (Wildman–Crippen MR) is 46.3 cm³/mol. The van der Waals surface area contributed by atoms with Crippen molar-refractivity contribution < 1.29 is 14.6 Å². The molecule has 0 atom stereocenters. The van der Waals surface area contributed by atoms with Gasteiger partial charge in [-0.1, -0.05) is 17.9 Å². The number of hydrogen-bond acceptors (Lipinski definition) is 2. The molecule has 0 aliphatic heterocycles. The Morgan fingerprint density at radius 2 is 2.08 bits per heavy atom. The third-order valence-electron chi connectivity index (χ3n) is 1.54. The number of rotatable bonds is 1. The summed E-state index contributed by atoms with van der Waals surface area (Å²) in [7, 11) is 0. The third-order valence-corrected chi connectivity index (χ3v) is 1.54. The van der Waals surface area contributed by atoms with Crippen LogP contribution in [0.3, 0.4) is 0 Å². The van der Waals surface area contributed by atoms with Gasteiger partial charge in [0.05, 0.1) is 6.61 Å². The summed E-state index contributed by atoms with van der Waals surface area (Å²) >= 11 is 0. The summed E-state index contributed by atoms with van der Waals surface area (Å²) in [6.45, 7) is -0.567. The first-order chi connectivity index (χ1) is 6.27. The van der Waals surface area contributed by atoms with Crippen molar-refractivity contribution in [1.82, 2.24) is 0 Å². The van der Waals surface area contributed by atoms with Gasteiger partial charge in [-0.25, -0.2) is 4.39 Å². The molecule has 1 aromatic carbocycles. The Morgan fingerprint density at radius 1 is 1.31 bits per heavy atom. The molecule has 2 N–H and O–H groups in total. The van der Waals surface area contributed by atoms with E-state index in [1.807, 2.05) is 0 Å². The van der Waals surface area contributed by atoms with Crippen molar-refractivity contribution in [3.05, 3.63) is 35.1 Å². The van der Waals surface area contributed by atoms with E-state index in [4.69, 9.17) is 10.2 Å².